The number of nitrogens with one attached hydrogen (secondary N) is 1. The Morgan fingerprint density at radius 3 is 2.85 bits per heavy atom. The molecule has 0 aliphatic heterocycles. The van der Waals surface area contributed by atoms with Crippen molar-refractivity contribution in [2.45, 2.75) is 26.2 Å². The standard InChI is InChI=1S/C10H15ClN2/c1-2-3-4-7-12-9-5-6-10(11)13-8-9/h5-6,8,12H,2-4,7H2,1H3. The van der Waals surface area contributed by atoms with Crippen LogP contribution in [0.4, 0.5) is 5.69 Å². The van der Waals surface area contributed by atoms with E-state index in [1.54, 1.807) is 12.3 Å². The number of pyridine rings is 1. The van der Waals surface area contributed by atoms with Crippen LogP contribution in [0.3, 0.4) is 0 Å². The summed E-state index contributed by atoms with van der Waals surface area (Å²) >= 11 is 5.66. The Balaban J connectivity index is 2.25. The van der Waals surface area contributed by atoms with E-state index in [1.165, 1.54) is 19.3 Å². The van der Waals surface area contributed by atoms with Gasteiger partial charge in [0.2, 0.25) is 0 Å². The van der Waals surface area contributed by atoms with Gasteiger partial charge in [0.15, 0.2) is 0 Å². The van der Waals surface area contributed by atoms with Gasteiger partial charge in [-0.05, 0) is 18.6 Å². The molecule has 3 heteroatoms. The zero-order chi connectivity index (χ0) is 9.52. The zero-order valence-electron chi connectivity index (χ0n) is 7.89. The number of anilines is 1. The Labute approximate surface area is 84.3 Å². The van der Waals surface area contributed by atoms with Gasteiger partial charge in [-0.1, -0.05) is 31.4 Å². The van der Waals surface area contributed by atoms with Crippen molar-refractivity contribution in [3.8, 4) is 0 Å². The van der Waals surface area contributed by atoms with Crippen molar-refractivity contribution < 1.29 is 0 Å². The minimum atomic E-state index is 0.541. The number of hydrogen-bond acceptors (Lipinski definition) is 2. The molecular weight excluding hydrogens is 184 g/mol. The van der Waals surface area contributed by atoms with Crippen LogP contribution in [-0.4, -0.2) is 11.5 Å². The molecule has 13 heavy (non-hydrogen) atoms. The van der Waals surface area contributed by atoms with Crippen LogP contribution in [0.25, 0.3) is 0 Å². The van der Waals surface area contributed by atoms with Crippen LogP contribution in [0.2, 0.25) is 5.15 Å². The summed E-state index contributed by atoms with van der Waals surface area (Å²) in [7, 11) is 0. The van der Waals surface area contributed by atoms with Gasteiger partial charge in [0.1, 0.15) is 5.15 Å². The van der Waals surface area contributed by atoms with Gasteiger partial charge >= 0.3 is 0 Å². The number of halogens is 1. The average Bonchev–Trinajstić information content (AvgIpc) is 2.15. The number of unbranched alkanes of at least 4 members (excludes halogenated alkanes) is 2. The van der Waals surface area contributed by atoms with Gasteiger partial charge in [-0.2, -0.15) is 0 Å². The summed E-state index contributed by atoms with van der Waals surface area (Å²) in [4.78, 5) is 3.98. The maximum absolute atomic E-state index is 5.66. The molecule has 0 aliphatic carbocycles. The molecule has 0 aromatic carbocycles. The van der Waals surface area contributed by atoms with Crippen LogP contribution >= 0.6 is 11.6 Å². The summed E-state index contributed by atoms with van der Waals surface area (Å²) < 4.78 is 0. The second kappa shape index (κ2) is 5.81. The Morgan fingerprint density at radius 1 is 1.38 bits per heavy atom. The highest BCUT2D eigenvalue weighted by Gasteiger charge is 1.91. The third-order valence-corrected chi connectivity index (χ3v) is 2.06. The molecule has 2 nitrogen and oxygen atoms in total. The first-order chi connectivity index (χ1) is 6.33. The quantitative estimate of drug-likeness (QED) is 0.580. The van der Waals surface area contributed by atoms with Gasteiger partial charge in [-0.15, -0.1) is 0 Å². The van der Waals surface area contributed by atoms with Crippen LogP contribution in [0.15, 0.2) is 18.3 Å². The lowest BCUT2D eigenvalue weighted by atomic mass is 10.2. The fourth-order valence-electron chi connectivity index (χ4n) is 1.09. The first-order valence-electron chi connectivity index (χ1n) is 4.68. The van der Waals surface area contributed by atoms with Crippen molar-refractivity contribution in [1.29, 1.82) is 0 Å². The zero-order valence-corrected chi connectivity index (χ0v) is 8.64. The maximum Gasteiger partial charge on any atom is 0.129 e. The van der Waals surface area contributed by atoms with E-state index >= 15 is 0 Å². The summed E-state index contributed by atoms with van der Waals surface area (Å²) in [5.41, 5.74) is 1.04. The number of hydrogen-bond donors (Lipinski definition) is 1. The largest absolute Gasteiger partial charge is 0.384 e. The summed E-state index contributed by atoms with van der Waals surface area (Å²) in [6, 6.07) is 3.74. The molecule has 0 saturated heterocycles. The molecular formula is C10H15ClN2. The lowest BCUT2D eigenvalue weighted by Gasteiger charge is -2.04. The fourth-order valence-corrected chi connectivity index (χ4v) is 1.20. The van der Waals surface area contributed by atoms with E-state index < -0.39 is 0 Å². The predicted molar refractivity (Wildman–Crippen MR) is 57.3 cm³/mol. The van der Waals surface area contributed by atoms with Crippen molar-refractivity contribution in [3.63, 3.8) is 0 Å². The predicted octanol–water partition coefficient (Wildman–Crippen LogP) is 3.34. The molecule has 0 aliphatic rings. The molecule has 0 amide bonds. The smallest absolute Gasteiger partial charge is 0.129 e. The Hall–Kier alpha value is -0.760. The molecule has 72 valence electrons. The molecule has 0 fully saturated rings. The Bertz CT molecular complexity index is 233. The first-order valence-corrected chi connectivity index (χ1v) is 5.06. The van der Waals surface area contributed by atoms with Crippen LogP contribution in [-0.2, 0) is 0 Å². The minimum Gasteiger partial charge on any atom is -0.384 e. The molecule has 1 aromatic rings. The van der Waals surface area contributed by atoms with E-state index in [0.29, 0.717) is 5.15 Å². The molecule has 0 unspecified atom stereocenters. The Kier molecular flexibility index (Phi) is 4.61. The summed E-state index contributed by atoms with van der Waals surface area (Å²) in [6.07, 6.45) is 5.49. The molecule has 1 heterocycles. The molecule has 1 N–H and O–H groups in total. The van der Waals surface area contributed by atoms with Crippen molar-refractivity contribution in [3.05, 3.63) is 23.5 Å². The van der Waals surface area contributed by atoms with Crippen molar-refractivity contribution in [2.24, 2.45) is 0 Å². The lowest BCUT2D eigenvalue weighted by Crippen LogP contribution is -2.01. The summed E-state index contributed by atoms with van der Waals surface area (Å²) in [6.45, 7) is 3.21. The van der Waals surface area contributed by atoms with E-state index in [1.807, 2.05) is 6.07 Å². The van der Waals surface area contributed by atoms with E-state index in [-0.39, 0.29) is 0 Å². The Morgan fingerprint density at radius 2 is 2.23 bits per heavy atom. The van der Waals surface area contributed by atoms with Crippen LogP contribution in [0, 0.1) is 0 Å². The summed E-state index contributed by atoms with van der Waals surface area (Å²) in [5, 5.41) is 3.83. The molecule has 0 radical (unpaired) electrons. The number of aromatic nitrogens is 1. The highest BCUT2D eigenvalue weighted by molar-refractivity contribution is 6.29. The third kappa shape index (κ3) is 4.13. The molecule has 0 atom stereocenters. The molecule has 0 bridgehead atoms. The topological polar surface area (TPSA) is 24.9 Å². The number of rotatable bonds is 5. The monoisotopic (exact) mass is 198 g/mol. The van der Waals surface area contributed by atoms with Gasteiger partial charge in [-0.3, -0.25) is 0 Å². The second-order valence-corrected chi connectivity index (χ2v) is 3.39. The number of nitrogens with zero attached hydrogens (tertiary/aromatic N) is 1. The van der Waals surface area contributed by atoms with E-state index in [9.17, 15) is 0 Å². The third-order valence-electron chi connectivity index (χ3n) is 1.84. The van der Waals surface area contributed by atoms with Crippen LogP contribution in [0.5, 0.6) is 0 Å². The van der Waals surface area contributed by atoms with Gasteiger partial charge in [0, 0.05) is 6.54 Å². The maximum atomic E-state index is 5.66. The van der Waals surface area contributed by atoms with Gasteiger partial charge < -0.3 is 5.32 Å². The second-order valence-electron chi connectivity index (χ2n) is 3.00. The van der Waals surface area contributed by atoms with Gasteiger partial charge in [0.05, 0.1) is 11.9 Å². The fraction of sp³-hybridized carbons (Fsp3) is 0.500. The van der Waals surface area contributed by atoms with Crippen molar-refractivity contribution in [1.82, 2.24) is 4.98 Å². The van der Waals surface area contributed by atoms with Gasteiger partial charge in [0.25, 0.3) is 0 Å². The van der Waals surface area contributed by atoms with Crippen molar-refractivity contribution in [2.75, 3.05) is 11.9 Å². The highest BCUT2D eigenvalue weighted by Crippen LogP contribution is 2.09. The molecule has 0 saturated carbocycles. The SMILES string of the molecule is CCCCCNc1ccc(Cl)nc1. The van der Waals surface area contributed by atoms with Crippen LogP contribution in [0.1, 0.15) is 26.2 Å². The van der Waals surface area contributed by atoms with Crippen molar-refractivity contribution >= 4 is 17.3 Å². The highest BCUT2D eigenvalue weighted by atomic mass is 35.5. The minimum absolute atomic E-state index is 0.541. The average molecular weight is 199 g/mol. The van der Waals surface area contributed by atoms with Gasteiger partial charge in [-0.25, -0.2) is 4.98 Å². The molecule has 0 spiro atoms. The molecule has 1 rings (SSSR count). The normalized spacial score (nSPS) is 10.0. The van der Waals surface area contributed by atoms with Crippen LogP contribution < -0.4 is 5.32 Å². The van der Waals surface area contributed by atoms with E-state index in [4.69, 9.17) is 11.6 Å². The first kappa shape index (κ1) is 10.3. The lowest BCUT2D eigenvalue weighted by molar-refractivity contribution is 0.743. The van der Waals surface area contributed by atoms with E-state index in [0.717, 1.165) is 12.2 Å². The van der Waals surface area contributed by atoms with E-state index in [2.05, 4.69) is 17.2 Å². The molecule has 1 aromatic heterocycles. The summed E-state index contributed by atoms with van der Waals surface area (Å²) in [5.74, 6) is 0.